The highest BCUT2D eigenvalue weighted by molar-refractivity contribution is 6.01. The first-order valence-corrected chi connectivity index (χ1v) is 7.33. The molecule has 0 unspecified atom stereocenters. The summed E-state index contributed by atoms with van der Waals surface area (Å²) in [4.78, 5) is 6.67. The Labute approximate surface area is 120 Å². The summed E-state index contributed by atoms with van der Waals surface area (Å²) in [6.07, 6.45) is 6.56. The molecule has 1 aromatic heterocycles. The second kappa shape index (κ2) is 6.11. The summed E-state index contributed by atoms with van der Waals surface area (Å²) in [5, 5.41) is 12.0. The molecule has 0 saturated carbocycles. The van der Waals surface area contributed by atoms with E-state index in [-0.39, 0.29) is 5.84 Å². The number of anilines is 1. The Bertz CT molecular complexity index is 473. The molecule has 5 heteroatoms. The smallest absolute Gasteiger partial charge is 0.173 e. The standard InChI is InChI=1S/C15H24N4O/c1-3-15(4-2)7-10-19(11-8-15)14-12(13(16)18-20)6-5-9-17-14/h5-6,9,20H,3-4,7-8,10-11H2,1-2H3,(H2,16,18). The van der Waals surface area contributed by atoms with E-state index in [1.54, 1.807) is 6.20 Å². The Kier molecular flexibility index (Phi) is 4.47. The number of pyridine rings is 1. The number of hydrogen-bond donors (Lipinski definition) is 2. The molecule has 2 rings (SSSR count). The maximum absolute atomic E-state index is 8.89. The number of oxime groups is 1. The molecule has 0 bridgehead atoms. The summed E-state index contributed by atoms with van der Waals surface area (Å²) in [6, 6.07) is 3.65. The minimum Gasteiger partial charge on any atom is -0.409 e. The third-order valence-corrected chi connectivity index (χ3v) is 4.79. The van der Waals surface area contributed by atoms with E-state index in [4.69, 9.17) is 10.9 Å². The molecule has 20 heavy (non-hydrogen) atoms. The van der Waals surface area contributed by atoms with Crippen LogP contribution in [0.4, 0.5) is 5.82 Å². The van der Waals surface area contributed by atoms with Crippen LogP contribution in [0, 0.1) is 5.41 Å². The zero-order chi connectivity index (χ0) is 14.6. The molecular formula is C15H24N4O. The van der Waals surface area contributed by atoms with Crippen LogP contribution in [0.5, 0.6) is 0 Å². The van der Waals surface area contributed by atoms with E-state index in [0.29, 0.717) is 11.0 Å². The van der Waals surface area contributed by atoms with Crippen LogP contribution in [0.2, 0.25) is 0 Å². The van der Waals surface area contributed by atoms with Crippen LogP contribution in [-0.4, -0.2) is 29.1 Å². The number of nitrogens with two attached hydrogens (primary N) is 1. The Morgan fingerprint density at radius 3 is 2.60 bits per heavy atom. The van der Waals surface area contributed by atoms with Crippen molar-refractivity contribution in [2.24, 2.45) is 16.3 Å². The number of piperidine rings is 1. The monoisotopic (exact) mass is 276 g/mol. The van der Waals surface area contributed by atoms with Gasteiger partial charge in [0.25, 0.3) is 0 Å². The fraction of sp³-hybridized carbons (Fsp3) is 0.600. The van der Waals surface area contributed by atoms with Crippen LogP contribution in [-0.2, 0) is 0 Å². The Morgan fingerprint density at radius 2 is 2.05 bits per heavy atom. The summed E-state index contributed by atoms with van der Waals surface area (Å²) in [5.41, 5.74) is 6.92. The summed E-state index contributed by atoms with van der Waals surface area (Å²) in [7, 11) is 0. The van der Waals surface area contributed by atoms with Gasteiger partial charge in [-0.2, -0.15) is 0 Å². The van der Waals surface area contributed by atoms with Gasteiger partial charge in [-0.05, 0) is 30.4 Å². The SMILES string of the molecule is CCC1(CC)CCN(c2ncccc2C(N)=NO)CC1. The molecule has 2 heterocycles. The highest BCUT2D eigenvalue weighted by atomic mass is 16.4. The molecule has 0 radical (unpaired) electrons. The largest absolute Gasteiger partial charge is 0.409 e. The first-order chi connectivity index (χ1) is 9.65. The number of amidine groups is 1. The highest BCUT2D eigenvalue weighted by Crippen LogP contribution is 2.39. The van der Waals surface area contributed by atoms with Crippen molar-refractivity contribution in [1.29, 1.82) is 0 Å². The van der Waals surface area contributed by atoms with Crippen LogP contribution in [0.25, 0.3) is 0 Å². The first kappa shape index (κ1) is 14.6. The predicted octanol–water partition coefficient (Wildman–Crippen LogP) is 2.58. The van der Waals surface area contributed by atoms with Crippen LogP contribution < -0.4 is 10.6 Å². The van der Waals surface area contributed by atoms with Crippen molar-refractivity contribution >= 4 is 11.7 Å². The van der Waals surface area contributed by atoms with Crippen molar-refractivity contribution in [3.05, 3.63) is 23.9 Å². The molecule has 1 aromatic rings. The fourth-order valence-electron chi connectivity index (χ4n) is 3.05. The van der Waals surface area contributed by atoms with Gasteiger partial charge in [0.2, 0.25) is 0 Å². The first-order valence-electron chi connectivity index (χ1n) is 7.33. The average Bonchev–Trinajstić information content (AvgIpc) is 2.54. The Balaban J connectivity index is 2.19. The van der Waals surface area contributed by atoms with Gasteiger partial charge in [-0.25, -0.2) is 4.98 Å². The number of aromatic nitrogens is 1. The summed E-state index contributed by atoms with van der Waals surface area (Å²) < 4.78 is 0. The maximum Gasteiger partial charge on any atom is 0.173 e. The molecule has 0 aromatic carbocycles. The van der Waals surface area contributed by atoms with Crippen molar-refractivity contribution in [2.45, 2.75) is 39.5 Å². The van der Waals surface area contributed by atoms with Crippen molar-refractivity contribution in [2.75, 3.05) is 18.0 Å². The van der Waals surface area contributed by atoms with E-state index in [9.17, 15) is 0 Å². The predicted molar refractivity (Wildman–Crippen MR) is 81.2 cm³/mol. The number of hydrogen-bond acceptors (Lipinski definition) is 4. The summed E-state index contributed by atoms with van der Waals surface area (Å²) in [6.45, 7) is 6.51. The van der Waals surface area contributed by atoms with Crippen LogP contribution in [0.15, 0.2) is 23.5 Å². The van der Waals surface area contributed by atoms with Crippen molar-refractivity contribution in [3.8, 4) is 0 Å². The molecule has 5 nitrogen and oxygen atoms in total. The molecule has 1 aliphatic heterocycles. The molecule has 0 atom stereocenters. The van der Waals surface area contributed by atoms with E-state index >= 15 is 0 Å². The van der Waals surface area contributed by atoms with Crippen molar-refractivity contribution < 1.29 is 5.21 Å². The van der Waals surface area contributed by atoms with Crippen LogP contribution in [0.3, 0.4) is 0 Å². The minimum absolute atomic E-state index is 0.121. The van der Waals surface area contributed by atoms with Crippen LogP contribution >= 0.6 is 0 Å². The molecule has 1 aliphatic rings. The highest BCUT2D eigenvalue weighted by Gasteiger charge is 2.32. The molecule has 3 N–H and O–H groups in total. The molecule has 1 fully saturated rings. The lowest BCUT2D eigenvalue weighted by molar-refractivity contribution is 0.199. The van der Waals surface area contributed by atoms with Gasteiger partial charge in [0.05, 0.1) is 5.56 Å². The lowest BCUT2D eigenvalue weighted by Gasteiger charge is -2.41. The van der Waals surface area contributed by atoms with Gasteiger partial charge in [0.1, 0.15) is 5.82 Å². The lowest BCUT2D eigenvalue weighted by atomic mass is 9.74. The van der Waals surface area contributed by atoms with Gasteiger partial charge in [0, 0.05) is 19.3 Å². The number of nitrogens with zero attached hydrogens (tertiary/aromatic N) is 3. The maximum atomic E-state index is 8.89. The van der Waals surface area contributed by atoms with E-state index in [1.807, 2.05) is 12.1 Å². The van der Waals surface area contributed by atoms with Crippen molar-refractivity contribution in [3.63, 3.8) is 0 Å². The quantitative estimate of drug-likeness (QED) is 0.383. The zero-order valence-corrected chi connectivity index (χ0v) is 12.3. The molecule has 0 amide bonds. The van der Waals surface area contributed by atoms with E-state index in [0.717, 1.165) is 18.9 Å². The van der Waals surface area contributed by atoms with Gasteiger partial charge in [0.15, 0.2) is 5.84 Å². The Morgan fingerprint density at radius 1 is 1.40 bits per heavy atom. The third-order valence-electron chi connectivity index (χ3n) is 4.79. The molecule has 110 valence electrons. The minimum atomic E-state index is 0.121. The van der Waals surface area contributed by atoms with E-state index < -0.39 is 0 Å². The summed E-state index contributed by atoms with van der Waals surface area (Å²) in [5.74, 6) is 0.944. The topological polar surface area (TPSA) is 74.7 Å². The molecular weight excluding hydrogens is 252 g/mol. The lowest BCUT2D eigenvalue weighted by Crippen LogP contribution is -2.41. The van der Waals surface area contributed by atoms with Gasteiger partial charge < -0.3 is 15.8 Å². The van der Waals surface area contributed by atoms with Gasteiger partial charge in [-0.1, -0.05) is 31.8 Å². The summed E-state index contributed by atoms with van der Waals surface area (Å²) >= 11 is 0. The Hall–Kier alpha value is -1.78. The average molecular weight is 276 g/mol. The van der Waals surface area contributed by atoms with Gasteiger partial charge in [-0.3, -0.25) is 0 Å². The molecule has 1 saturated heterocycles. The third kappa shape index (κ3) is 2.71. The second-order valence-electron chi connectivity index (χ2n) is 5.55. The van der Waals surface area contributed by atoms with Gasteiger partial charge in [-0.15, -0.1) is 0 Å². The van der Waals surface area contributed by atoms with Crippen LogP contribution in [0.1, 0.15) is 45.1 Å². The van der Waals surface area contributed by atoms with Gasteiger partial charge >= 0.3 is 0 Å². The molecule has 0 aliphatic carbocycles. The second-order valence-corrected chi connectivity index (χ2v) is 5.55. The zero-order valence-electron chi connectivity index (χ0n) is 12.3. The van der Waals surface area contributed by atoms with E-state index in [2.05, 4.69) is 28.9 Å². The van der Waals surface area contributed by atoms with Crippen molar-refractivity contribution in [1.82, 2.24) is 4.98 Å². The normalized spacial score (nSPS) is 19.1. The number of rotatable bonds is 4. The fourth-order valence-corrected chi connectivity index (χ4v) is 3.05. The molecule has 0 spiro atoms. The van der Waals surface area contributed by atoms with E-state index in [1.165, 1.54) is 25.7 Å².